The van der Waals surface area contributed by atoms with E-state index < -0.39 is 0 Å². The molecule has 19 heavy (non-hydrogen) atoms. The van der Waals surface area contributed by atoms with E-state index in [9.17, 15) is 0 Å². The first kappa shape index (κ1) is 11.9. The third-order valence-corrected chi connectivity index (χ3v) is 3.11. The number of aromatic nitrogens is 3. The lowest BCUT2D eigenvalue weighted by atomic mass is 10.4. The number of aliphatic imine (C=N–C) groups is 1. The third-order valence-electron chi connectivity index (χ3n) is 3.11. The van der Waals surface area contributed by atoms with Crippen molar-refractivity contribution in [3.8, 4) is 0 Å². The normalized spacial score (nSPS) is 17.1. The van der Waals surface area contributed by atoms with Crippen molar-refractivity contribution in [1.29, 1.82) is 0 Å². The highest BCUT2D eigenvalue weighted by Crippen LogP contribution is 2.05. The van der Waals surface area contributed by atoms with Gasteiger partial charge in [0.25, 0.3) is 0 Å². The fraction of sp³-hybridized carbons (Fsp3) is 0.417. The lowest BCUT2D eigenvalue weighted by molar-refractivity contribution is 0.0674. The van der Waals surface area contributed by atoms with Crippen molar-refractivity contribution in [1.82, 2.24) is 19.5 Å². The average molecular weight is 260 g/mol. The van der Waals surface area contributed by atoms with E-state index in [4.69, 9.17) is 10.5 Å². The van der Waals surface area contributed by atoms with Crippen LogP contribution in [-0.2, 0) is 11.3 Å². The summed E-state index contributed by atoms with van der Waals surface area (Å²) < 4.78 is 7.06. The third kappa shape index (κ3) is 2.50. The maximum absolute atomic E-state index is 5.99. The lowest BCUT2D eigenvalue weighted by Gasteiger charge is -2.27. The van der Waals surface area contributed by atoms with Gasteiger partial charge in [-0.3, -0.25) is 0 Å². The molecule has 0 atom stereocenters. The van der Waals surface area contributed by atoms with Gasteiger partial charge in [-0.1, -0.05) is 0 Å². The number of hydrogen-bond acceptors (Lipinski definition) is 4. The summed E-state index contributed by atoms with van der Waals surface area (Å²) in [6, 6.07) is 3.76. The van der Waals surface area contributed by atoms with E-state index in [1.807, 2.05) is 17.0 Å². The predicted molar refractivity (Wildman–Crippen MR) is 70.7 cm³/mol. The van der Waals surface area contributed by atoms with Crippen LogP contribution in [-0.4, -0.2) is 51.8 Å². The summed E-state index contributed by atoms with van der Waals surface area (Å²) >= 11 is 0. The smallest absolute Gasteiger partial charge is 0.191 e. The van der Waals surface area contributed by atoms with Crippen LogP contribution in [0.15, 0.2) is 29.5 Å². The Morgan fingerprint density at radius 3 is 3.00 bits per heavy atom. The Bertz CT molecular complexity index is 587. The molecule has 7 heteroatoms. The molecule has 0 bridgehead atoms. The molecule has 2 N–H and O–H groups in total. The molecule has 1 fully saturated rings. The van der Waals surface area contributed by atoms with Crippen LogP contribution in [0.25, 0.3) is 5.65 Å². The molecule has 2 aromatic heterocycles. The summed E-state index contributed by atoms with van der Waals surface area (Å²) in [7, 11) is 0. The van der Waals surface area contributed by atoms with Gasteiger partial charge in [0.2, 0.25) is 0 Å². The van der Waals surface area contributed by atoms with Gasteiger partial charge in [-0.05, 0) is 6.07 Å². The zero-order chi connectivity index (χ0) is 13.1. The SMILES string of the molecule is NC(=NCc1ccnc2ccnn12)N1CCOCC1. The molecule has 0 aromatic carbocycles. The molecule has 0 saturated carbocycles. The maximum Gasteiger partial charge on any atom is 0.191 e. The zero-order valence-corrected chi connectivity index (χ0v) is 10.6. The van der Waals surface area contributed by atoms with Crippen LogP contribution >= 0.6 is 0 Å². The van der Waals surface area contributed by atoms with E-state index in [0.717, 1.165) is 24.4 Å². The van der Waals surface area contributed by atoms with Crippen molar-refractivity contribution < 1.29 is 4.74 Å². The molecule has 7 nitrogen and oxygen atoms in total. The minimum absolute atomic E-state index is 0.490. The number of ether oxygens (including phenoxy) is 1. The van der Waals surface area contributed by atoms with E-state index in [2.05, 4.69) is 15.1 Å². The number of nitrogens with zero attached hydrogens (tertiary/aromatic N) is 5. The minimum atomic E-state index is 0.490. The maximum atomic E-state index is 5.99. The van der Waals surface area contributed by atoms with E-state index >= 15 is 0 Å². The van der Waals surface area contributed by atoms with Crippen molar-refractivity contribution in [2.24, 2.45) is 10.7 Å². The summed E-state index contributed by atoms with van der Waals surface area (Å²) in [6.07, 6.45) is 3.48. The highest BCUT2D eigenvalue weighted by Gasteiger charge is 2.12. The molecule has 0 aliphatic carbocycles. The fourth-order valence-electron chi connectivity index (χ4n) is 2.06. The predicted octanol–water partition coefficient (Wildman–Crippen LogP) is -0.124. The number of hydrogen-bond donors (Lipinski definition) is 1. The van der Waals surface area contributed by atoms with E-state index in [-0.39, 0.29) is 0 Å². The van der Waals surface area contributed by atoms with Crippen LogP contribution in [0.4, 0.5) is 0 Å². The molecule has 1 aliphatic rings. The largest absolute Gasteiger partial charge is 0.378 e. The second kappa shape index (κ2) is 5.23. The molecule has 2 aromatic rings. The Hall–Kier alpha value is -2.15. The lowest BCUT2D eigenvalue weighted by Crippen LogP contribution is -2.44. The van der Waals surface area contributed by atoms with Crippen LogP contribution < -0.4 is 5.73 Å². The van der Waals surface area contributed by atoms with Crippen LogP contribution in [0.1, 0.15) is 5.69 Å². The molecule has 1 saturated heterocycles. The summed E-state index contributed by atoms with van der Waals surface area (Å²) in [5, 5.41) is 4.22. The summed E-state index contributed by atoms with van der Waals surface area (Å²) in [4.78, 5) is 10.7. The van der Waals surface area contributed by atoms with Crippen LogP contribution in [0.2, 0.25) is 0 Å². The van der Waals surface area contributed by atoms with Crippen molar-refractivity contribution >= 4 is 11.6 Å². The molecule has 3 rings (SSSR count). The average Bonchev–Trinajstić information content (AvgIpc) is 2.94. The van der Waals surface area contributed by atoms with Crippen molar-refractivity contribution in [2.75, 3.05) is 26.3 Å². The first-order valence-corrected chi connectivity index (χ1v) is 6.25. The summed E-state index contributed by atoms with van der Waals surface area (Å²) in [5.74, 6) is 0.556. The molecule has 0 amide bonds. The minimum Gasteiger partial charge on any atom is -0.378 e. The monoisotopic (exact) mass is 260 g/mol. The van der Waals surface area contributed by atoms with Gasteiger partial charge in [0, 0.05) is 25.4 Å². The molecule has 0 radical (unpaired) electrons. The number of nitrogens with two attached hydrogens (primary N) is 1. The molecule has 0 spiro atoms. The Balaban J connectivity index is 1.75. The van der Waals surface area contributed by atoms with E-state index in [0.29, 0.717) is 25.7 Å². The van der Waals surface area contributed by atoms with Crippen molar-refractivity contribution in [3.05, 3.63) is 30.2 Å². The number of guanidine groups is 1. The van der Waals surface area contributed by atoms with Gasteiger partial charge in [-0.25, -0.2) is 14.5 Å². The van der Waals surface area contributed by atoms with Gasteiger partial charge in [-0.2, -0.15) is 5.10 Å². The number of morpholine rings is 1. The van der Waals surface area contributed by atoms with Crippen LogP contribution in [0.5, 0.6) is 0 Å². The fourth-order valence-corrected chi connectivity index (χ4v) is 2.06. The molecule has 1 aliphatic heterocycles. The second-order valence-corrected chi connectivity index (χ2v) is 4.31. The molecular weight excluding hydrogens is 244 g/mol. The van der Waals surface area contributed by atoms with Crippen molar-refractivity contribution in [2.45, 2.75) is 6.54 Å². The Labute approximate surface area is 110 Å². The van der Waals surface area contributed by atoms with Crippen LogP contribution in [0.3, 0.4) is 0 Å². The van der Waals surface area contributed by atoms with Gasteiger partial charge in [-0.15, -0.1) is 0 Å². The highest BCUT2D eigenvalue weighted by molar-refractivity contribution is 5.78. The van der Waals surface area contributed by atoms with Gasteiger partial charge < -0.3 is 15.4 Å². The van der Waals surface area contributed by atoms with Gasteiger partial charge in [0.15, 0.2) is 11.6 Å². The topological polar surface area (TPSA) is 81.0 Å². The molecular formula is C12H16N6O. The Morgan fingerprint density at radius 2 is 2.16 bits per heavy atom. The standard InChI is InChI=1S/C12H16N6O/c13-12(17-5-7-19-8-6-17)15-9-10-1-3-14-11-2-4-16-18(10)11/h1-4H,5-9H2,(H2,13,15). The summed E-state index contributed by atoms with van der Waals surface area (Å²) in [6.45, 7) is 3.49. The highest BCUT2D eigenvalue weighted by atomic mass is 16.5. The second-order valence-electron chi connectivity index (χ2n) is 4.31. The van der Waals surface area contributed by atoms with E-state index in [1.165, 1.54) is 0 Å². The van der Waals surface area contributed by atoms with Gasteiger partial charge in [0.1, 0.15) is 0 Å². The molecule has 3 heterocycles. The van der Waals surface area contributed by atoms with Gasteiger partial charge in [0.05, 0.1) is 31.6 Å². The summed E-state index contributed by atoms with van der Waals surface area (Å²) in [5.41, 5.74) is 7.77. The van der Waals surface area contributed by atoms with Crippen LogP contribution in [0, 0.1) is 0 Å². The van der Waals surface area contributed by atoms with E-state index in [1.54, 1.807) is 16.9 Å². The quantitative estimate of drug-likeness (QED) is 0.601. The molecule has 0 unspecified atom stereocenters. The van der Waals surface area contributed by atoms with Crippen molar-refractivity contribution in [3.63, 3.8) is 0 Å². The number of fused-ring (bicyclic) bond motifs is 1. The first-order chi connectivity index (χ1) is 9.34. The zero-order valence-electron chi connectivity index (χ0n) is 10.6. The number of rotatable bonds is 2. The van der Waals surface area contributed by atoms with Gasteiger partial charge >= 0.3 is 0 Å². The molecule has 100 valence electrons. The Morgan fingerprint density at radius 1 is 1.32 bits per heavy atom. The Kier molecular flexibility index (Phi) is 3.28. The first-order valence-electron chi connectivity index (χ1n) is 6.25.